The highest BCUT2D eigenvalue weighted by atomic mass is 16.5. The average Bonchev–Trinajstić information content (AvgIpc) is 3.60. The summed E-state index contributed by atoms with van der Waals surface area (Å²) in [6, 6.07) is 26.3. The fraction of sp³-hybridized carbons (Fsp3) is 0.200. The first-order chi connectivity index (χ1) is 23.2. The van der Waals surface area contributed by atoms with Gasteiger partial charge in [0.05, 0.1) is 11.4 Å². The van der Waals surface area contributed by atoms with Crippen LogP contribution in [0.2, 0.25) is 0 Å². The standard InChI is InChI=1S/C40H34N2O6/c1-26-24-28(47-34-12-6-4-10-32(34)41-36(43)18-19-37(41)44)14-16-30(26)40(22-8-3-9-23-40)31-17-15-29(25-27(31)2)48-35-13-7-5-11-33(35)42-38(45)20-21-39(42)46/h4-7,10-21,24-25H,3,8-9,22-23H2,1-2H3. The molecule has 8 heteroatoms. The number of nitrogens with zero attached hydrogens (tertiary/aromatic N) is 2. The zero-order chi connectivity index (χ0) is 33.4. The summed E-state index contributed by atoms with van der Waals surface area (Å²) in [6.45, 7) is 4.20. The largest absolute Gasteiger partial charge is 0.455 e. The summed E-state index contributed by atoms with van der Waals surface area (Å²) < 4.78 is 12.6. The number of hydrogen-bond acceptors (Lipinski definition) is 6. The van der Waals surface area contributed by atoms with Crippen molar-refractivity contribution in [3.05, 3.63) is 131 Å². The number of benzene rings is 4. The van der Waals surface area contributed by atoms with E-state index in [-0.39, 0.29) is 5.41 Å². The number of amides is 4. The fourth-order valence-electron chi connectivity index (χ4n) is 7.30. The van der Waals surface area contributed by atoms with Crippen LogP contribution < -0.4 is 19.3 Å². The van der Waals surface area contributed by atoms with Gasteiger partial charge in [0.15, 0.2) is 11.5 Å². The van der Waals surface area contributed by atoms with Crippen LogP contribution in [0.25, 0.3) is 0 Å². The van der Waals surface area contributed by atoms with Gasteiger partial charge in [0, 0.05) is 29.7 Å². The van der Waals surface area contributed by atoms with Crippen LogP contribution in [0.15, 0.2) is 109 Å². The van der Waals surface area contributed by atoms with Gasteiger partial charge in [0.1, 0.15) is 11.5 Å². The molecule has 0 spiro atoms. The molecule has 4 aromatic rings. The van der Waals surface area contributed by atoms with Crippen molar-refractivity contribution < 1.29 is 28.7 Å². The third-order valence-corrected chi connectivity index (χ3v) is 9.42. The van der Waals surface area contributed by atoms with E-state index in [9.17, 15) is 19.2 Å². The molecule has 240 valence electrons. The van der Waals surface area contributed by atoms with Gasteiger partial charge in [-0.2, -0.15) is 0 Å². The predicted octanol–water partition coefficient (Wildman–Crippen LogP) is 8.00. The van der Waals surface area contributed by atoms with E-state index in [0.717, 1.165) is 46.6 Å². The molecule has 0 bridgehead atoms. The minimum Gasteiger partial charge on any atom is -0.455 e. The van der Waals surface area contributed by atoms with Crippen LogP contribution in [0.4, 0.5) is 11.4 Å². The summed E-state index contributed by atoms with van der Waals surface area (Å²) in [5, 5.41) is 0. The molecule has 1 fully saturated rings. The first kappa shape index (κ1) is 30.9. The summed E-state index contributed by atoms with van der Waals surface area (Å²) in [7, 11) is 0. The van der Waals surface area contributed by atoms with Gasteiger partial charge in [-0.3, -0.25) is 19.2 Å². The first-order valence-electron chi connectivity index (χ1n) is 16.1. The van der Waals surface area contributed by atoms with Gasteiger partial charge in [0.25, 0.3) is 23.6 Å². The monoisotopic (exact) mass is 638 g/mol. The Kier molecular flexibility index (Phi) is 8.01. The number of ether oxygens (including phenoxy) is 2. The molecule has 1 saturated carbocycles. The van der Waals surface area contributed by atoms with Crippen LogP contribution in [-0.4, -0.2) is 23.6 Å². The van der Waals surface area contributed by atoms with E-state index in [4.69, 9.17) is 9.47 Å². The van der Waals surface area contributed by atoms with Gasteiger partial charge in [-0.05, 0) is 97.5 Å². The summed E-state index contributed by atoms with van der Waals surface area (Å²) in [4.78, 5) is 51.8. The molecular formula is C40H34N2O6. The van der Waals surface area contributed by atoms with Gasteiger partial charge in [-0.1, -0.05) is 55.7 Å². The zero-order valence-corrected chi connectivity index (χ0v) is 26.8. The van der Waals surface area contributed by atoms with E-state index in [1.807, 2.05) is 36.4 Å². The van der Waals surface area contributed by atoms with Crippen LogP contribution in [0.3, 0.4) is 0 Å². The fourth-order valence-corrected chi connectivity index (χ4v) is 7.30. The predicted molar refractivity (Wildman–Crippen MR) is 183 cm³/mol. The number of hydrogen-bond donors (Lipinski definition) is 0. The van der Waals surface area contributed by atoms with Crippen molar-refractivity contribution in [2.75, 3.05) is 9.80 Å². The van der Waals surface area contributed by atoms with Crippen molar-refractivity contribution in [2.24, 2.45) is 0 Å². The average molecular weight is 639 g/mol. The van der Waals surface area contributed by atoms with Crippen LogP contribution in [0.1, 0.15) is 54.4 Å². The quantitative estimate of drug-likeness (QED) is 0.182. The zero-order valence-electron chi connectivity index (χ0n) is 26.8. The highest BCUT2D eigenvalue weighted by Crippen LogP contribution is 2.49. The maximum atomic E-state index is 12.4. The Morgan fingerprint density at radius 2 is 0.917 bits per heavy atom. The summed E-state index contributed by atoms with van der Waals surface area (Å²) in [5.74, 6) is 0.491. The summed E-state index contributed by atoms with van der Waals surface area (Å²) in [6.07, 6.45) is 10.4. The molecule has 0 aromatic heterocycles. The van der Waals surface area contributed by atoms with Gasteiger partial charge in [-0.25, -0.2) is 9.80 Å². The summed E-state index contributed by atoms with van der Waals surface area (Å²) >= 11 is 0. The minimum absolute atomic E-state index is 0.209. The lowest BCUT2D eigenvalue weighted by Crippen LogP contribution is -2.32. The molecule has 0 atom stereocenters. The molecule has 2 heterocycles. The molecule has 8 nitrogen and oxygen atoms in total. The van der Waals surface area contributed by atoms with Gasteiger partial charge >= 0.3 is 0 Å². The lowest BCUT2D eigenvalue weighted by Gasteiger charge is -2.40. The Balaban J connectivity index is 1.18. The molecule has 2 aliphatic heterocycles. The van der Waals surface area contributed by atoms with E-state index in [2.05, 4.69) is 26.0 Å². The maximum absolute atomic E-state index is 12.4. The topological polar surface area (TPSA) is 93.2 Å². The molecule has 1 aliphatic carbocycles. The Hall–Kier alpha value is -5.76. The molecule has 48 heavy (non-hydrogen) atoms. The smallest absolute Gasteiger partial charge is 0.258 e. The van der Waals surface area contributed by atoms with Crippen molar-refractivity contribution in [1.29, 1.82) is 0 Å². The number of aryl methyl sites for hydroxylation is 2. The van der Waals surface area contributed by atoms with Crippen LogP contribution in [0.5, 0.6) is 23.0 Å². The number of imide groups is 2. The maximum Gasteiger partial charge on any atom is 0.258 e. The lowest BCUT2D eigenvalue weighted by atomic mass is 9.63. The molecule has 3 aliphatic rings. The number of rotatable bonds is 8. The van der Waals surface area contributed by atoms with Crippen molar-refractivity contribution in [3.63, 3.8) is 0 Å². The van der Waals surface area contributed by atoms with E-state index in [0.29, 0.717) is 34.4 Å². The second kappa shape index (κ2) is 12.4. The molecular weight excluding hydrogens is 604 g/mol. The lowest BCUT2D eigenvalue weighted by molar-refractivity contribution is -0.121. The van der Waals surface area contributed by atoms with E-state index < -0.39 is 23.6 Å². The Labute approximate surface area is 278 Å². The van der Waals surface area contributed by atoms with E-state index >= 15 is 0 Å². The number of carbonyl (C=O) groups is 4. The molecule has 4 amide bonds. The van der Waals surface area contributed by atoms with E-state index in [1.54, 1.807) is 36.4 Å². The SMILES string of the molecule is Cc1cc(Oc2ccccc2N2C(=O)C=CC2=O)ccc1C1(c2ccc(Oc3ccccc3N3C(=O)C=CC3=O)cc2C)CCCCC1. The van der Waals surface area contributed by atoms with Crippen molar-refractivity contribution >= 4 is 35.0 Å². The molecule has 0 N–H and O–H groups in total. The Bertz CT molecular complexity index is 1860. The highest BCUT2D eigenvalue weighted by Gasteiger charge is 2.38. The molecule has 7 rings (SSSR count). The van der Waals surface area contributed by atoms with Gasteiger partial charge < -0.3 is 9.47 Å². The Morgan fingerprint density at radius 1 is 0.521 bits per heavy atom. The molecule has 0 radical (unpaired) electrons. The van der Waals surface area contributed by atoms with Crippen molar-refractivity contribution in [3.8, 4) is 23.0 Å². The van der Waals surface area contributed by atoms with E-state index in [1.165, 1.54) is 41.9 Å². The normalized spacial score (nSPS) is 17.0. The third-order valence-electron chi connectivity index (χ3n) is 9.42. The number of para-hydroxylation sites is 4. The van der Waals surface area contributed by atoms with Gasteiger partial charge in [-0.15, -0.1) is 0 Å². The van der Waals surface area contributed by atoms with Crippen LogP contribution >= 0.6 is 0 Å². The minimum atomic E-state index is -0.396. The molecule has 0 unspecified atom stereocenters. The molecule has 4 aromatic carbocycles. The Morgan fingerprint density at radius 3 is 1.31 bits per heavy atom. The molecule has 0 saturated heterocycles. The van der Waals surface area contributed by atoms with Crippen LogP contribution in [-0.2, 0) is 24.6 Å². The van der Waals surface area contributed by atoms with Crippen molar-refractivity contribution in [1.82, 2.24) is 0 Å². The van der Waals surface area contributed by atoms with Crippen molar-refractivity contribution in [2.45, 2.75) is 51.4 Å². The summed E-state index contributed by atoms with van der Waals surface area (Å²) in [5.41, 5.74) is 5.24. The first-order valence-corrected chi connectivity index (χ1v) is 16.1. The van der Waals surface area contributed by atoms with Gasteiger partial charge in [0.2, 0.25) is 0 Å². The highest BCUT2D eigenvalue weighted by molar-refractivity contribution is 6.29. The second-order valence-electron chi connectivity index (χ2n) is 12.4. The third kappa shape index (κ3) is 5.49. The van der Waals surface area contributed by atoms with Crippen LogP contribution in [0, 0.1) is 13.8 Å². The second-order valence-corrected chi connectivity index (χ2v) is 12.4. The number of anilines is 2. The number of carbonyl (C=O) groups excluding carboxylic acids is 4.